The normalized spacial score (nSPS) is 17.1. The summed E-state index contributed by atoms with van der Waals surface area (Å²) in [5, 5.41) is 20.6. The SMILES string of the molecule is CCCCC(C)[C@H](NC(O)OC)C(=O)O. The van der Waals surface area contributed by atoms with Crippen molar-refractivity contribution in [3.63, 3.8) is 0 Å². The standard InChI is InChI=1S/C10H21NO4/c1-4-5-6-7(2)8(9(12)13)11-10(14)15-3/h7-8,10-11,14H,4-6H2,1-3H3,(H,12,13)/t7?,8-,10?/m0/s1. The molecule has 5 heteroatoms. The second-order valence-corrected chi connectivity index (χ2v) is 3.69. The molecule has 0 spiro atoms. The van der Waals surface area contributed by atoms with Gasteiger partial charge in [0.15, 0.2) is 0 Å². The van der Waals surface area contributed by atoms with Gasteiger partial charge in [-0.3, -0.25) is 10.1 Å². The van der Waals surface area contributed by atoms with Gasteiger partial charge in [-0.25, -0.2) is 0 Å². The molecule has 0 saturated heterocycles. The molecule has 0 aromatic rings. The Balaban J connectivity index is 4.18. The van der Waals surface area contributed by atoms with Gasteiger partial charge in [0, 0.05) is 7.11 Å². The van der Waals surface area contributed by atoms with E-state index in [0.29, 0.717) is 0 Å². The summed E-state index contributed by atoms with van der Waals surface area (Å²) >= 11 is 0. The van der Waals surface area contributed by atoms with Gasteiger partial charge in [-0.2, -0.15) is 0 Å². The number of aliphatic carboxylic acids is 1. The van der Waals surface area contributed by atoms with Crippen molar-refractivity contribution in [1.29, 1.82) is 0 Å². The lowest BCUT2D eigenvalue weighted by Crippen LogP contribution is -2.47. The first-order valence-electron chi connectivity index (χ1n) is 5.22. The summed E-state index contributed by atoms with van der Waals surface area (Å²) in [5.74, 6) is -0.998. The number of aliphatic hydroxyl groups is 1. The van der Waals surface area contributed by atoms with E-state index in [2.05, 4.69) is 17.0 Å². The quantitative estimate of drug-likeness (QED) is 0.526. The van der Waals surface area contributed by atoms with Crippen molar-refractivity contribution >= 4 is 5.97 Å². The minimum Gasteiger partial charge on any atom is -0.480 e. The number of ether oxygens (including phenoxy) is 1. The Labute approximate surface area is 90.4 Å². The smallest absolute Gasteiger partial charge is 0.321 e. The summed E-state index contributed by atoms with van der Waals surface area (Å²) in [6.45, 7) is 3.91. The molecule has 3 atom stereocenters. The topological polar surface area (TPSA) is 78.8 Å². The van der Waals surface area contributed by atoms with E-state index in [9.17, 15) is 4.79 Å². The molecule has 2 unspecified atom stereocenters. The predicted molar refractivity (Wildman–Crippen MR) is 56.3 cm³/mol. The summed E-state index contributed by atoms with van der Waals surface area (Å²) in [6, 6.07) is -0.772. The summed E-state index contributed by atoms with van der Waals surface area (Å²) in [5.41, 5.74) is 0. The highest BCUT2D eigenvalue weighted by atomic mass is 16.6. The summed E-state index contributed by atoms with van der Waals surface area (Å²) in [4.78, 5) is 10.9. The molecule has 3 N–H and O–H groups in total. The minimum absolute atomic E-state index is 0.0350. The van der Waals surface area contributed by atoms with Crippen LogP contribution in [0.5, 0.6) is 0 Å². The molecule has 0 fully saturated rings. The van der Waals surface area contributed by atoms with Crippen molar-refractivity contribution < 1.29 is 19.7 Å². The fourth-order valence-electron chi connectivity index (χ4n) is 1.39. The first-order chi connectivity index (χ1) is 7.02. The van der Waals surface area contributed by atoms with Gasteiger partial charge < -0.3 is 14.9 Å². The molecule has 90 valence electrons. The van der Waals surface area contributed by atoms with E-state index in [1.54, 1.807) is 0 Å². The molecule has 0 aliphatic rings. The highest BCUT2D eigenvalue weighted by molar-refractivity contribution is 5.73. The van der Waals surface area contributed by atoms with Crippen LogP contribution in [0.2, 0.25) is 0 Å². The Morgan fingerprint density at radius 3 is 2.53 bits per heavy atom. The van der Waals surface area contributed by atoms with Crippen LogP contribution in [0.3, 0.4) is 0 Å². The van der Waals surface area contributed by atoms with Gasteiger partial charge >= 0.3 is 5.97 Å². The van der Waals surface area contributed by atoms with Gasteiger partial charge in [-0.1, -0.05) is 26.7 Å². The number of carbonyl (C=O) groups is 1. The van der Waals surface area contributed by atoms with Crippen molar-refractivity contribution in [3.8, 4) is 0 Å². The second-order valence-electron chi connectivity index (χ2n) is 3.69. The highest BCUT2D eigenvalue weighted by Crippen LogP contribution is 2.13. The number of methoxy groups -OCH3 is 1. The van der Waals surface area contributed by atoms with Crippen LogP contribution in [0.15, 0.2) is 0 Å². The summed E-state index contributed by atoms with van der Waals surface area (Å²) in [7, 11) is 1.31. The fraction of sp³-hybridized carbons (Fsp3) is 0.900. The van der Waals surface area contributed by atoms with Crippen molar-refractivity contribution in [1.82, 2.24) is 5.32 Å². The maximum atomic E-state index is 10.9. The maximum absolute atomic E-state index is 10.9. The number of rotatable bonds is 8. The van der Waals surface area contributed by atoms with E-state index in [0.717, 1.165) is 19.3 Å². The van der Waals surface area contributed by atoms with Gasteiger partial charge in [0.1, 0.15) is 6.04 Å². The van der Waals surface area contributed by atoms with Gasteiger partial charge in [0.25, 0.3) is 0 Å². The second kappa shape index (κ2) is 7.62. The van der Waals surface area contributed by atoms with Crippen LogP contribution in [0.4, 0.5) is 0 Å². The number of carboxylic acid groups (broad SMARTS) is 1. The van der Waals surface area contributed by atoms with E-state index in [4.69, 9.17) is 10.2 Å². The van der Waals surface area contributed by atoms with Crippen LogP contribution < -0.4 is 5.32 Å². The van der Waals surface area contributed by atoms with Crippen LogP contribution in [0, 0.1) is 5.92 Å². The van der Waals surface area contributed by atoms with E-state index >= 15 is 0 Å². The first kappa shape index (κ1) is 14.3. The summed E-state index contributed by atoms with van der Waals surface area (Å²) in [6.07, 6.45) is 1.60. The Hall–Kier alpha value is -0.650. The minimum atomic E-state index is -1.23. The van der Waals surface area contributed by atoms with Crippen molar-refractivity contribution in [2.75, 3.05) is 7.11 Å². The lowest BCUT2D eigenvalue weighted by molar-refractivity contribution is -0.150. The third-order valence-electron chi connectivity index (χ3n) is 2.39. The average Bonchev–Trinajstić information content (AvgIpc) is 2.21. The molecule has 0 radical (unpaired) electrons. The van der Waals surface area contributed by atoms with E-state index in [1.807, 2.05) is 6.92 Å². The largest absolute Gasteiger partial charge is 0.480 e. The van der Waals surface area contributed by atoms with E-state index < -0.39 is 18.4 Å². The van der Waals surface area contributed by atoms with Gasteiger partial charge in [-0.05, 0) is 12.3 Å². The van der Waals surface area contributed by atoms with Crippen LogP contribution in [0.25, 0.3) is 0 Å². The van der Waals surface area contributed by atoms with E-state index in [1.165, 1.54) is 7.11 Å². The third kappa shape index (κ3) is 5.71. The maximum Gasteiger partial charge on any atom is 0.321 e. The molecule has 0 aromatic heterocycles. The highest BCUT2D eigenvalue weighted by Gasteiger charge is 2.25. The van der Waals surface area contributed by atoms with E-state index in [-0.39, 0.29) is 5.92 Å². The number of hydrogen-bond donors (Lipinski definition) is 3. The molecule has 0 aliphatic carbocycles. The molecule has 0 aliphatic heterocycles. The van der Waals surface area contributed by atoms with Crippen LogP contribution in [0.1, 0.15) is 33.1 Å². The third-order valence-corrected chi connectivity index (χ3v) is 2.39. The first-order valence-corrected chi connectivity index (χ1v) is 5.22. The molecule has 0 aromatic carbocycles. The van der Waals surface area contributed by atoms with Crippen molar-refractivity contribution in [2.45, 2.75) is 45.6 Å². The van der Waals surface area contributed by atoms with Crippen LogP contribution in [-0.2, 0) is 9.53 Å². The van der Waals surface area contributed by atoms with Gasteiger partial charge in [0.05, 0.1) is 0 Å². The molecule has 0 rings (SSSR count). The molecular formula is C10H21NO4. The lowest BCUT2D eigenvalue weighted by atomic mass is 9.96. The summed E-state index contributed by atoms with van der Waals surface area (Å²) < 4.78 is 4.57. The van der Waals surface area contributed by atoms with Crippen LogP contribution in [-0.4, -0.2) is 35.7 Å². The van der Waals surface area contributed by atoms with Crippen molar-refractivity contribution in [2.24, 2.45) is 5.92 Å². The molecule has 0 heterocycles. The molecule has 0 bridgehead atoms. The number of unbranched alkanes of at least 4 members (excludes halogenated alkanes) is 1. The molecule has 0 saturated carbocycles. The Morgan fingerprint density at radius 2 is 2.13 bits per heavy atom. The Bertz CT molecular complexity index is 186. The molecule has 15 heavy (non-hydrogen) atoms. The lowest BCUT2D eigenvalue weighted by Gasteiger charge is -2.23. The fourth-order valence-corrected chi connectivity index (χ4v) is 1.39. The van der Waals surface area contributed by atoms with Gasteiger partial charge in [0.2, 0.25) is 6.41 Å². The number of carboxylic acids is 1. The Morgan fingerprint density at radius 1 is 1.53 bits per heavy atom. The monoisotopic (exact) mass is 219 g/mol. The van der Waals surface area contributed by atoms with Crippen molar-refractivity contribution in [3.05, 3.63) is 0 Å². The van der Waals surface area contributed by atoms with Gasteiger partial charge in [-0.15, -0.1) is 0 Å². The average molecular weight is 219 g/mol. The number of nitrogens with one attached hydrogen (secondary N) is 1. The zero-order valence-electron chi connectivity index (χ0n) is 9.56. The predicted octanol–water partition coefficient (Wildman–Crippen LogP) is 0.778. The number of hydrogen-bond acceptors (Lipinski definition) is 4. The zero-order valence-corrected chi connectivity index (χ0v) is 9.56. The molecular weight excluding hydrogens is 198 g/mol. The molecule has 5 nitrogen and oxygen atoms in total. The van der Waals surface area contributed by atoms with Crippen LogP contribution >= 0.6 is 0 Å². The molecule has 0 amide bonds. The number of aliphatic hydroxyl groups excluding tert-OH is 1. The zero-order chi connectivity index (χ0) is 11.8. The Kier molecular flexibility index (Phi) is 7.29.